The number of alkyl halides is 3. The molecule has 1 aliphatic rings. The number of amides is 2. The summed E-state index contributed by atoms with van der Waals surface area (Å²) in [6.07, 6.45) is -3.57. The van der Waals surface area contributed by atoms with Crippen molar-refractivity contribution in [3.63, 3.8) is 0 Å². The molecule has 14 heteroatoms. The van der Waals surface area contributed by atoms with Crippen molar-refractivity contribution in [1.29, 1.82) is 0 Å². The number of aromatic nitrogens is 2. The molecule has 0 spiro atoms. The van der Waals surface area contributed by atoms with Gasteiger partial charge in [0.15, 0.2) is 0 Å². The molecule has 0 radical (unpaired) electrons. The number of rotatable bonds is 6. The maximum atomic E-state index is 14.5. The molecule has 0 saturated carbocycles. The first-order chi connectivity index (χ1) is 17.2. The molecule has 1 fully saturated rings. The maximum absolute atomic E-state index is 14.5. The van der Waals surface area contributed by atoms with Crippen molar-refractivity contribution in [2.75, 3.05) is 0 Å². The summed E-state index contributed by atoms with van der Waals surface area (Å²) >= 11 is 1.95. The lowest BCUT2D eigenvalue weighted by atomic mass is 10.0. The second-order valence-electron chi connectivity index (χ2n) is 9.39. The van der Waals surface area contributed by atoms with Crippen LogP contribution in [-0.2, 0) is 26.4 Å². The van der Waals surface area contributed by atoms with Crippen molar-refractivity contribution < 1.29 is 36.1 Å². The molecule has 1 aliphatic heterocycles. The van der Waals surface area contributed by atoms with Gasteiger partial charge in [-0.1, -0.05) is 6.07 Å². The minimum Gasteiger partial charge on any atom is -0.444 e. The van der Waals surface area contributed by atoms with E-state index in [1.165, 1.54) is 17.0 Å². The Hall–Kier alpha value is -2.20. The highest BCUT2D eigenvalue weighted by Crippen LogP contribution is 2.33. The van der Waals surface area contributed by atoms with Crippen LogP contribution in [0.1, 0.15) is 45.5 Å². The van der Waals surface area contributed by atoms with Gasteiger partial charge in [0, 0.05) is 57.7 Å². The summed E-state index contributed by atoms with van der Waals surface area (Å²) in [4.78, 5) is 34.0. The molecule has 3 atom stereocenters. The molecule has 2 amide bonds. The minimum absolute atomic E-state index is 0.0937. The Balaban J connectivity index is 1.76. The van der Waals surface area contributed by atoms with Gasteiger partial charge >= 0.3 is 12.3 Å². The second-order valence-corrected chi connectivity index (χ2v) is 10.8. The number of hydrogen-bond donors (Lipinski definition) is 1. The van der Waals surface area contributed by atoms with E-state index in [0.717, 1.165) is 27.7 Å². The zero-order valence-corrected chi connectivity index (χ0v) is 23.3. The van der Waals surface area contributed by atoms with Gasteiger partial charge in [0.05, 0.1) is 21.4 Å². The molecule has 2 aromatic rings. The Kier molecular flexibility index (Phi) is 9.27. The third kappa shape index (κ3) is 7.44. The summed E-state index contributed by atoms with van der Waals surface area (Å²) in [5.41, 5.74) is -0.0639. The summed E-state index contributed by atoms with van der Waals surface area (Å²) in [6.45, 7) is 6.68. The first-order valence-corrected chi connectivity index (χ1v) is 14.4. The van der Waals surface area contributed by atoms with Crippen LogP contribution < -0.4 is 5.32 Å². The highest BCUT2D eigenvalue weighted by molar-refractivity contribution is 14.2. The van der Waals surface area contributed by atoms with E-state index < -0.39 is 53.6 Å². The van der Waals surface area contributed by atoms with E-state index in [-0.39, 0.29) is 24.1 Å². The molecule has 1 saturated heterocycles. The smallest absolute Gasteiger partial charge is 0.444 e. The number of nitrogens with zero attached hydrogens (tertiary/aromatic N) is 3. The second kappa shape index (κ2) is 11.7. The summed E-state index contributed by atoms with van der Waals surface area (Å²) in [7, 11) is 1.09. The predicted octanol–water partition coefficient (Wildman–Crippen LogP) is 5.70. The lowest BCUT2D eigenvalue weighted by Gasteiger charge is -2.31. The Morgan fingerprint density at radius 3 is 2.41 bits per heavy atom. The van der Waals surface area contributed by atoms with Gasteiger partial charge in [0.1, 0.15) is 17.5 Å². The molecule has 2 heterocycles. The Morgan fingerprint density at radius 1 is 1.19 bits per heavy atom. The average Bonchev–Trinajstić information content (AvgIpc) is 3.13. The van der Waals surface area contributed by atoms with Crippen LogP contribution >= 0.6 is 30.4 Å². The van der Waals surface area contributed by atoms with E-state index in [9.17, 15) is 27.2 Å². The molecule has 37 heavy (non-hydrogen) atoms. The number of carbonyl (C=O) groups excluding carboxylic acids is 2. The number of benzene rings is 1. The summed E-state index contributed by atoms with van der Waals surface area (Å²) in [6, 6.07) is 2.55. The molecule has 8 nitrogen and oxygen atoms in total. The van der Waals surface area contributed by atoms with E-state index in [0.29, 0.717) is 5.56 Å². The largest absolute Gasteiger partial charge is 0.451 e. The topological polar surface area (TPSA) is 93.6 Å². The van der Waals surface area contributed by atoms with Crippen molar-refractivity contribution in [1.82, 2.24) is 20.2 Å². The third-order valence-electron chi connectivity index (χ3n) is 5.57. The Bertz CT molecular complexity index is 1130. The molecule has 3 unspecified atom stereocenters. The van der Waals surface area contributed by atoms with Gasteiger partial charge in [0.2, 0.25) is 11.7 Å². The minimum atomic E-state index is -4.68. The quantitative estimate of drug-likeness (QED) is 0.242. The van der Waals surface area contributed by atoms with Gasteiger partial charge in [-0.25, -0.2) is 19.2 Å². The Labute approximate surface area is 227 Å². The van der Waals surface area contributed by atoms with Crippen LogP contribution in [0.3, 0.4) is 0 Å². The van der Waals surface area contributed by atoms with E-state index >= 15 is 0 Å². The fourth-order valence-electron chi connectivity index (χ4n) is 3.81. The maximum Gasteiger partial charge on any atom is 0.451 e. The van der Waals surface area contributed by atoms with Crippen LogP contribution in [0.25, 0.3) is 11.1 Å². The van der Waals surface area contributed by atoms with Gasteiger partial charge in [-0.2, -0.15) is 13.2 Å². The van der Waals surface area contributed by atoms with Crippen molar-refractivity contribution in [3.05, 3.63) is 47.8 Å². The van der Waals surface area contributed by atoms with Gasteiger partial charge in [0.25, 0.3) is 0 Å². The number of halogens is 5. The molecule has 202 valence electrons. The van der Waals surface area contributed by atoms with Gasteiger partial charge in [-0.05, 0) is 45.4 Å². The fourth-order valence-corrected chi connectivity index (χ4v) is 4.95. The summed E-state index contributed by atoms with van der Waals surface area (Å²) in [5, 5.41) is 2.65. The van der Waals surface area contributed by atoms with Gasteiger partial charge in [-0.3, -0.25) is 13.9 Å². The molecule has 1 aromatic carbocycles. The molecule has 1 aromatic heterocycles. The van der Waals surface area contributed by atoms with Crippen LogP contribution in [0, 0.1) is 5.82 Å². The van der Waals surface area contributed by atoms with Crippen LogP contribution in [0.2, 0.25) is 0 Å². The van der Waals surface area contributed by atoms with E-state index in [4.69, 9.17) is 8.92 Å². The van der Waals surface area contributed by atoms with Gasteiger partial charge in [-0.15, -0.1) is 0 Å². The van der Waals surface area contributed by atoms with E-state index in [1.807, 2.05) is 21.2 Å². The predicted molar refractivity (Wildman–Crippen MR) is 137 cm³/mol. The number of nitrogens with one attached hydrogen (secondary N) is 1. The third-order valence-corrected chi connectivity index (χ3v) is 6.52. The van der Waals surface area contributed by atoms with Crippen molar-refractivity contribution in [2.24, 2.45) is 0 Å². The van der Waals surface area contributed by atoms with Crippen LogP contribution in [-0.4, -0.2) is 50.7 Å². The normalized spacial score (nSPS) is 20.1. The number of likely N-dealkylation sites (tertiary alicyclic amines) is 1. The molecule has 0 bridgehead atoms. The monoisotopic (exact) mass is 656 g/mol. The number of ether oxygens (including phenoxy) is 1. The first kappa shape index (κ1) is 29.4. The molecule has 0 aliphatic carbocycles. The van der Waals surface area contributed by atoms with Crippen LogP contribution in [0.5, 0.6) is 0 Å². The van der Waals surface area contributed by atoms with Crippen LogP contribution in [0.4, 0.5) is 22.4 Å². The van der Waals surface area contributed by atoms with Gasteiger partial charge < -0.3 is 10.1 Å². The standard InChI is InChI=1S/C23H25F4IN4O4S/c1-12-18(36-37-28)8-17(32(12)21(34)35-22(2,3)4)19(33)29-9-14-7-13(5-6-16(14)24)15-10-30-20(31-11-15)23(25,26)27/h5-7,10-12,17-18H,8-9H2,1-4H3,(H,29,33). The van der Waals surface area contributed by atoms with E-state index in [2.05, 4.69) is 15.3 Å². The average molecular weight is 656 g/mol. The van der Waals surface area contributed by atoms with Crippen molar-refractivity contribution in [2.45, 2.75) is 70.6 Å². The summed E-state index contributed by atoms with van der Waals surface area (Å²) < 4.78 is 63.8. The first-order valence-electron chi connectivity index (χ1n) is 11.1. The number of carbonyl (C=O) groups is 2. The highest BCUT2D eigenvalue weighted by Gasteiger charge is 2.47. The molecular weight excluding hydrogens is 631 g/mol. The highest BCUT2D eigenvalue weighted by atomic mass is 127. The molecule has 1 N–H and O–H groups in total. The van der Waals surface area contributed by atoms with Crippen molar-refractivity contribution >= 4 is 42.4 Å². The number of hydrogen-bond acceptors (Lipinski definition) is 7. The van der Waals surface area contributed by atoms with Crippen molar-refractivity contribution in [3.8, 4) is 11.1 Å². The van der Waals surface area contributed by atoms with E-state index in [1.54, 1.807) is 27.7 Å². The molecule has 3 rings (SSSR count). The summed E-state index contributed by atoms with van der Waals surface area (Å²) in [5.74, 6) is -2.43. The Morgan fingerprint density at radius 2 is 1.84 bits per heavy atom. The lowest BCUT2D eigenvalue weighted by Crippen LogP contribution is -2.50. The fraction of sp³-hybridized carbons (Fsp3) is 0.478. The lowest BCUT2D eigenvalue weighted by molar-refractivity contribution is -0.145. The van der Waals surface area contributed by atoms with Crippen LogP contribution in [0.15, 0.2) is 30.6 Å². The zero-order valence-electron chi connectivity index (χ0n) is 20.3. The molecular formula is C23H25F4IN4O4S. The SMILES string of the molecule is CC1C(OSI)CC(C(=O)NCc2cc(-c3cnc(C(F)(F)F)nc3)ccc2F)N1C(=O)OC(C)(C)C. The zero-order chi connectivity index (χ0) is 27.5.